The highest BCUT2D eigenvalue weighted by molar-refractivity contribution is 5.60. The number of hydrogen-bond donors (Lipinski definition) is 4. The summed E-state index contributed by atoms with van der Waals surface area (Å²) in [5, 5.41) is 36.6. The molecule has 2 rings (SSSR count). The van der Waals surface area contributed by atoms with Crippen LogP contribution in [0.1, 0.15) is 64.7 Å². The molecule has 1 aliphatic carbocycles. The summed E-state index contributed by atoms with van der Waals surface area (Å²) in [6, 6.07) is -0.0929. The average molecular weight is 353 g/mol. The molecule has 5 heteroatoms. The second-order valence-corrected chi connectivity index (χ2v) is 8.13. The fourth-order valence-corrected chi connectivity index (χ4v) is 3.96. The van der Waals surface area contributed by atoms with Crippen LogP contribution in [0.25, 0.3) is 0 Å². The Morgan fingerprint density at radius 2 is 2.00 bits per heavy atom. The lowest BCUT2D eigenvalue weighted by Gasteiger charge is -2.31. The van der Waals surface area contributed by atoms with E-state index in [-0.39, 0.29) is 11.5 Å². The van der Waals surface area contributed by atoms with E-state index in [9.17, 15) is 15.3 Å². The second kappa shape index (κ2) is 9.81. The van der Waals surface area contributed by atoms with E-state index in [0.717, 1.165) is 57.7 Å². The van der Waals surface area contributed by atoms with E-state index >= 15 is 0 Å². The van der Waals surface area contributed by atoms with Gasteiger partial charge in [-0.2, -0.15) is 0 Å². The van der Waals surface area contributed by atoms with E-state index < -0.39 is 12.3 Å². The second-order valence-electron chi connectivity index (χ2n) is 8.13. The zero-order chi connectivity index (χ0) is 18.3. The van der Waals surface area contributed by atoms with Crippen molar-refractivity contribution in [3.8, 4) is 0 Å². The Bertz CT molecular complexity index is 443. The minimum atomic E-state index is -0.761. The van der Waals surface area contributed by atoms with Crippen LogP contribution in [-0.2, 0) is 0 Å². The molecule has 2 unspecified atom stereocenters. The van der Waals surface area contributed by atoms with E-state index in [2.05, 4.69) is 19.1 Å². The molecule has 0 aromatic carbocycles. The van der Waals surface area contributed by atoms with Crippen LogP contribution < -0.4 is 0 Å². The molecule has 144 valence electrons. The minimum absolute atomic E-state index is 0.0929. The number of allylic oxidation sites excluding steroid dienone is 2. The summed E-state index contributed by atoms with van der Waals surface area (Å²) in [4.78, 5) is 1.96. The van der Waals surface area contributed by atoms with Crippen LogP contribution in [0.2, 0.25) is 0 Å². The SMILES string of the molecule is CC1(CO)C[C@H]1/C=C\CCCCCC[C@@H](O)N1CCC[C@H]1C(O)C=N. The van der Waals surface area contributed by atoms with Crippen molar-refractivity contribution >= 4 is 6.21 Å². The highest BCUT2D eigenvalue weighted by Gasteiger charge is 2.47. The summed E-state index contributed by atoms with van der Waals surface area (Å²) >= 11 is 0. The number of unbranched alkanes of at least 4 members (excludes halogenated alkanes) is 4. The van der Waals surface area contributed by atoms with Crippen molar-refractivity contribution in [2.45, 2.75) is 83.1 Å². The van der Waals surface area contributed by atoms with Crippen molar-refractivity contribution in [3.05, 3.63) is 12.2 Å². The van der Waals surface area contributed by atoms with Gasteiger partial charge in [-0.05, 0) is 56.3 Å². The topological polar surface area (TPSA) is 87.8 Å². The Labute approximate surface area is 152 Å². The molecule has 2 aliphatic rings. The van der Waals surface area contributed by atoms with E-state index in [1.165, 1.54) is 12.8 Å². The number of nitrogens with zero attached hydrogens (tertiary/aromatic N) is 1. The monoisotopic (exact) mass is 352 g/mol. The third kappa shape index (κ3) is 5.88. The summed E-state index contributed by atoms with van der Waals surface area (Å²) < 4.78 is 0. The lowest BCUT2D eigenvalue weighted by atomic mass is 10.1. The van der Waals surface area contributed by atoms with Crippen LogP contribution in [-0.4, -0.2) is 58.0 Å². The standard InChI is InChI=1S/C20H36N2O3/c1-20(15-23)13-16(20)9-6-4-2-3-5-7-11-19(25)22-12-8-10-17(22)18(24)14-21/h6,9,14,16-19,21,23-25H,2-5,7-8,10-13,15H2,1H3/b9-6-,21-14?/t16-,17+,18?,19-,20?/m1/s1. The van der Waals surface area contributed by atoms with Crippen molar-refractivity contribution in [1.82, 2.24) is 4.90 Å². The number of nitrogens with one attached hydrogen (secondary N) is 1. The van der Waals surface area contributed by atoms with Crippen molar-refractivity contribution in [1.29, 1.82) is 5.41 Å². The lowest BCUT2D eigenvalue weighted by Crippen LogP contribution is -2.45. The van der Waals surface area contributed by atoms with Gasteiger partial charge in [0.25, 0.3) is 0 Å². The molecule has 0 bridgehead atoms. The first kappa shape index (κ1) is 20.6. The Morgan fingerprint density at radius 3 is 2.68 bits per heavy atom. The number of hydrogen-bond acceptors (Lipinski definition) is 5. The molecule has 2 fully saturated rings. The highest BCUT2D eigenvalue weighted by Crippen LogP contribution is 2.52. The van der Waals surface area contributed by atoms with E-state index in [0.29, 0.717) is 12.5 Å². The minimum Gasteiger partial charge on any atom is -0.396 e. The van der Waals surface area contributed by atoms with Crippen LogP contribution in [0.4, 0.5) is 0 Å². The third-order valence-electron chi connectivity index (χ3n) is 6.02. The molecule has 0 aromatic rings. The molecule has 0 spiro atoms. The molecule has 1 saturated carbocycles. The maximum Gasteiger partial charge on any atom is 0.107 e. The van der Waals surface area contributed by atoms with Gasteiger partial charge in [0.05, 0.1) is 0 Å². The molecular weight excluding hydrogens is 316 g/mol. The Kier molecular flexibility index (Phi) is 8.07. The van der Waals surface area contributed by atoms with Gasteiger partial charge in [-0.15, -0.1) is 0 Å². The third-order valence-corrected chi connectivity index (χ3v) is 6.02. The van der Waals surface area contributed by atoms with Gasteiger partial charge in [0.15, 0.2) is 0 Å². The fourth-order valence-electron chi connectivity index (χ4n) is 3.96. The van der Waals surface area contributed by atoms with Crippen molar-refractivity contribution in [3.63, 3.8) is 0 Å². The Hall–Kier alpha value is -0.750. The first-order chi connectivity index (χ1) is 12.0. The molecule has 1 aliphatic heterocycles. The largest absolute Gasteiger partial charge is 0.396 e. The smallest absolute Gasteiger partial charge is 0.107 e. The van der Waals surface area contributed by atoms with Gasteiger partial charge in [-0.1, -0.05) is 31.9 Å². The first-order valence-electron chi connectivity index (χ1n) is 9.92. The summed E-state index contributed by atoms with van der Waals surface area (Å²) in [5.41, 5.74) is 0.144. The van der Waals surface area contributed by atoms with Crippen LogP contribution >= 0.6 is 0 Å². The van der Waals surface area contributed by atoms with Crippen molar-refractivity contribution < 1.29 is 15.3 Å². The summed E-state index contributed by atoms with van der Waals surface area (Å²) in [5.74, 6) is 0.567. The quantitative estimate of drug-likeness (QED) is 0.247. The van der Waals surface area contributed by atoms with E-state index in [1.54, 1.807) is 0 Å². The summed E-state index contributed by atoms with van der Waals surface area (Å²) in [7, 11) is 0. The van der Waals surface area contributed by atoms with Crippen LogP contribution in [0.5, 0.6) is 0 Å². The van der Waals surface area contributed by atoms with Crippen molar-refractivity contribution in [2.75, 3.05) is 13.2 Å². The van der Waals surface area contributed by atoms with Gasteiger partial charge in [0.2, 0.25) is 0 Å². The highest BCUT2D eigenvalue weighted by atomic mass is 16.3. The van der Waals surface area contributed by atoms with Crippen molar-refractivity contribution in [2.24, 2.45) is 11.3 Å². The Balaban J connectivity index is 1.51. The number of rotatable bonds is 12. The zero-order valence-corrected chi connectivity index (χ0v) is 15.6. The van der Waals surface area contributed by atoms with Gasteiger partial charge >= 0.3 is 0 Å². The molecule has 4 N–H and O–H groups in total. The molecule has 1 heterocycles. The average Bonchev–Trinajstić information content (AvgIpc) is 3.04. The summed E-state index contributed by atoms with van der Waals surface area (Å²) in [6.45, 7) is 3.24. The lowest BCUT2D eigenvalue weighted by molar-refractivity contribution is -0.0330. The fraction of sp³-hybridized carbons (Fsp3) is 0.850. The van der Waals surface area contributed by atoms with Crippen LogP contribution in [0, 0.1) is 16.7 Å². The predicted octanol–water partition coefficient (Wildman–Crippen LogP) is 2.69. The zero-order valence-electron chi connectivity index (χ0n) is 15.6. The number of likely N-dealkylation sites (tertiary alicyclic amines) is 1. The predicted molar refractivity (Wildman–Crippen MR) is 101 cm³/mol. The molecule has 5 atom stereocenters. The number of aliphatic hydroxyl groups excluding tert-OH is 3. The summed E-state index contributed by atoms with van der Waals surface area (Å²) in [6.07, 6.45) is 13.6. The maximum atomic E-state index is 10.4. The Morgan fingerprint density at radius 1 is 1.24 bits per heavy atom. The molecule has 1 saturated heterocycles. The van der Waals surface area contributed by atoms with Gasteiger partial charge in [0, 0.05) is 25.4 Å². The molecule has 25 heavy (non-hydrogen) atoms. The van der Waals surface area contributed by atoms with Crippen LogP contribution in [0.3, 0.4) is 0 Å². The molecule has 0 aromatic heterocycles. The van der Waals surface area contributed by atoms with E-state index in [4.69, 9.17) is 5.41 Å². The van der Waals surface area contributed by atoms with Gasteiger partial charge < -0.3 is 20.7 Å². The number of aliphatic hydroxyl groups is 3. The van der Waals surface area contributed by atoms with E-state index in [1.807, 2.05) is 4.90 Å². The molecular formula is C20H36N2O3. The van der Waals surface area contributed by atoms with Crippen LogP contribution in [0.15, 0.2) is 12.2 Å². The van der Waals surface area contributed by atoms with Gasteiger partial charge in [0.1, 0.15) is 12.3 Å². The normalized spacial score (nSPS) is 32.2. The van der Waals surface area contributed by atoms with Gasteiger partial charge in [-0.3, -0.25) is 4.90 Å². The maximum absolute atomic E-state index is 10.4. The van der Waals surface area contributed by atoms with Gasteiger partial charge in [-0.25, -0.2) is 0 Å². The molecule has 5 nitrogen and oxygen atoms in total. The molecule has 0 amide bonds. The molecule has 0 radical (unpaired) electrons. The first-order valence-corrected chi connectivity index (χ1v) is 9.92.